The molecule has 0 heteroatoms. The van der Waals surface area contributed by atoms with Crippen molar-refractivity contribution in [1.29, 1.82) is 0 Å². The summed E-state index contributed by atoms with van der Waals surface area (Å²) in [5.41, 5.74) is 10.2. The molecule has 0 aromatic heterocycles. The number of fused-ring (bicyclic) bond motifs is 4. The first kappa shape index (κ1) is 29.6. The highest BCUT2D eigenvalue weighted by atomic mass is 14.6. The highest BCUT2D eigenvalue weighted by molar-refractivity contribution is 5.51. The molecule has 0 aliphatic heterocycles. The minimum atomic E-state index is 0.811. The molecule has 0 saturated heterocycles. The standard InChI is InChI=1S/C43H66/c1-4-30-22-32-18-17-28(3)38(24-33-19-20-43(5-2)27-41(33)43)39(32)25-36(30)26-40-37-16-10-13-31(37)23-35-15-9-14-34(42(35)40)21-29-11-7-6-8-12-29/h23,28-30,32-34,36,38-39,41H,4-22,24-27H2,1-3H3. The average molecular weight is 583 g/mol. The fourth-order valence-corrected chi connectivity index (χ4v) is 13.7. The van der Waals surface area contributed by atoms with E-state index in [1.165, 1.54) is 103 Å². The Morgan fingerprint density at radius 1 is 0.767 bits per heavy atom. The second-order valence-corrected chi connectivity index (χ2v) is 18.1. The van der Waals surface area contributed by atoms with Gasteiger partial charge in [0.15, 0.2) is 0 Å². The highest BCUT2D eigenvalue weighted by Gasteiger charge is 2.60. The maximum atomic E-state index is 2.76. The van der Waals surface area contributed by atoms with E-state index in [1.807, 2.05) is 22.3 Å². The first-order valence-electron chi connectivity index (χ1n) is 20.2. The van der Waals surface area contributed by atoms with E-state index in [2.05, 4.69) is 26.8 Å². The van der Waals surface area contributed by atoms with Crippen LogP contribution in [0.2, 0.25) is 0 Å². The predicted octanol–water partition coefficient (Wildman–Crippen LogP) is 12.0. The molecule has 43 heavy (non-hydrogen) atoms. The lowest BCUT2D eigenvalue weighted by atomic mass is 9.55. The molecule has 5 saturated carbocycles. The summed E-state index contributed by atoms with van der Waals surface area (Å²) in [6, 6.07) is 2.76. The summed E-state index contributed by atoms with van der Waals surface area (Å²) < 4.78 is 0. The van der Waals surface area contributed by atoms with E-state index < -0.39 is 0 Å². The third kappa shape index (κ3) is 5.41. The zero-order chi connectivity index (χ0) is 29.1. The van der Waals surface area contributed by atoms with Crippen molar-refractivity contribution in [3.8, 4) is 0 Å². The number of rotatable bonds is 8. The maximum absolute atomic E-state index is 2.76. The van der Waals surface area contributed by atoms with E-state index in [4.69, 9.17) is 0 Å². The molecular formula is C43H66. The van der Waals surface area contributed by atoms with Crippen molar-refractivity contribution >= 4 is 0 Å². The summed E-state index contributed by atoms with van der Waals surface area (Å²) in [5.74, 6) is 10.1. The summed E-state index contributed by atoms with van der Waals surface area (Å²) >= 11 is 0. The molecule has 0 nitrogen and oxygen atoms in total. The van der Waals surface area contributed by atoms with E-state index in [1.54, 1.807) is 50.5 Å². The van der Waals surface area contributed by atoms with Crippen LogP contribution in [0.15, 0.2) is 6.07 Å². The molecule has 8 rings (SSSR count). The Morgan fingerprint density at radius 3 is 2.42 bits per heavy atom. The molecule has 0 spiro atoms. The van der Waals surface area contributed by atoms with Crippen LogP contribution >= 0.6 is 0 Å². The summed E-state index contributed by atoms with van der Waals surface area (Å²) in [7, 11) is 0. The normalized spacial score (nSPS) is 42.3. The van der Waals surface area contributed by atoms with Gasteiger partial charge in [-0.05, 0) is 189 Å². The van der Waals surface area contributed by atoms with Crippen LogP contribution in [-0.4, -0.2) is 0 Å². The number of benzene rings is 1. The third-order valence-electron chi connectivity index (χ3n) is 16.2. The smallest absolute Gasteiger partial charge is 0.0154 e. The van der Waals surface area contributed by atoms with Crippen molar-refractivity contribution in [2.75, 3.05) is 0 Å². The van der Waals surface area contributed by atoms with E-state index in [0.717, 1.165) is 64.6 Å². The first-order valence-corrected chi connectivity index (χ1v) is 20.2. The Labute approximate surface area is 266 Å². The molecular weight excluding hydrogens is 516 g/mol. The van der Waals surface area contributed by atoms with Gasteiger partial charge in [0, 0.05) is 0 Å². The van der Waals surface area contributed by atoms with Gasteiger partial charge >= 0.3 is 0 Å². The fraction of sp³-hybridized carbons (Fsp3) is 0.860. The Balaban J connectivity index is 1.07. The Bertz CT molecular complexity index is 1140. The van der Waals surface area contributed by atoms with Gasteiger partial charge in [-0.3, -0.25) is 0 Å². The lowest BCUT2D eigenvalue weighted by Crippen LogP contribution is -2.42. The van der Waals surface area contributed by atoms with Crippen LogP contribution in [0.1, 0.15) is 177 Å². The van der Waals surface area contributed by atoms with Crippen LogP contribution in [0, 0.1) is 58.7 Å². The van der Waals surface area contributed by atoms with E-state index in [0.29, 0.717) is 0 Å². The van der Waals surface area contributed by atoms with Crippen molar-refractivity contribution in [2.45, 2.75) is 174 Å². The van der Waals surface area contributed by atoms with Gasteiger partial charge in [-0.15, -0.1) is 0 Å². The summed E-state index contributed by atoms with van der Waals surface area (Å²) in [4.78, 5) is 0. The third-order valence-corrected chi connectivity index (χ3v) is 16.2. The van der Waals surface area contributed by atoms with Gasteiger partial charge in [0.2, 0.25) is 0 Å². The molecule has 0 N–H and O–H groups in total. The molecule has 5 fully saturated rings. The first-order chi connectivity index (χ1) is 21.1. The zero-order valence-electron chi connectivity index (χ0n) is 28.6. The van der Waals surface area contributed by atoms with Crippen molar-refractivity contribution in [1.82, 2.24) is 0 Å². The van der Waals surface area contributed by atoms with Gasteiger partial charge < -0.3 is 0 Å². The topological polar surface area (TPSA) is 0 Å². The molecule has 0 heterocycles. The highest BCUT2D eigenvalue weighted by Crippen LogP contribution is 2.69. The van der Waals surface area contributed by atoms with Gasteiger partial charge in [-0.2, -0.15) is 0 Å². The number of hydrogen-bond acceptors (Lipinski definition) is 0. The lowest BCUT2D eigenvalue weighted by Gasteiger charge is -2.51. The Kier molecular flexibility index (Phi) is 8.34. The fourth-order valence-electron chi connectivity index (χ4n) is 13.7. The predicted molar refractivity (Wildman–Crippen MR) is 183 cm³/mol. The molecule has 0 radical (unpaired) electrons. The van der Waals surface area contributed by atoms with E-state index >= 15 is 0 Å². The molecule has 1 aromatic rings. The van der Waals surface area contributed by atoms with Crippen LogP contribution in [0.4, 0.5) is 0 Å². The zero-order valence-corrected chi connectivity index (χ0v) is 28.6. The van der Waals surface area contributed by atoms with Crippen LogP contribution in [0.3, 0.4) is 0 Å². The number of aryl methyl sites for hydroxylation is 2. The minimum Gasteiger partial charge on any atom is -0.0651 e. The van der Waals surface area contributed by atoms with E-state index in [-0.39, 0.29) is 0 Å². The Hall–Kier alpha value is -0.780. The van der Waals surface area contributed by atoms with Gasteiger partial charge in [-0.1, -0.05) is 78.2 Å². The molecule has 7 aliphatic rings. The van der Waals surface area contributed by atoms with Gasteiger partial charge in [-0.25, -0.2) is 0 Å². The number of hydrogen-bond donors (Lipinski definition) is 0. The largest absolute Gasteiger partial charge is 0.0651 e. The lowest BCUT2D eigenvalue weighted by molar-refractivity contribution is -0.00308. The van der Waals surface area contributed by atoms with Crippen LogP contribution in [-0.2, 0) is 25.7 Å². The summed E-state index contributed by atoms with van der Waals surface area (Å²) in [6.45, 7) is 7.75. The molecule has 10 atom stereocenters. The van der Waals surface area contributed by atoms with Crippen molar-refractivity contribution in [2.24, 2.45) is 58.7 Å². The van der Waals surface area contributed by atoms with Gasteiger partial charge in [0.1, 0.15) is 0 Å². The maximum Gasteiger partial charge on any atom is -0.0154 e. The monoisotopic (exact) mass is 583 g/mol. The average Bonchev–Trinajstić information content (AvgIpc) is 3.37. The Morgan fingerprint density at radius 2 is 1.63 bits per heavy atom. The van der Waals surface area contributed by atoms with Crippen molar-refractivity contribution in [3.05, 3.63) is 33.9 Å². The van der Waals surface area contributed by atoms with Gasteiger partial charge in [0.05, 0.1) is 0 Å². The molecule has 0 amide bonds. The van der Waals surface area contributed by atoms with Crippen LogP contribution < -0.4 is 0 Å². The second-order valence-electron chi connectivity index (χ2n) is 18.1. The second kappa shape index (κ2) is 12.1. The minimum absolute atomic E-state index is 0.811. The van der Waals surface area contributed by atoms with Crippen LogP contribution in [0.5, 0.6) is 0 Å². The molecule has 238 valence electrons. The van der Waals surface area contributed by atoms with Crippen molar-refractivity contribution < 1.29 is 0 Å². The molecule has 1 aromatic carbocycles. The summed E-state index contributed by atoms with van der Waals surface area (Å²) in [6.07, 6.45) is 34.5. The quantitative estimate of drug-likeness (QED) is 0.286. The molecule has 7 aliphatic carbocycles. The summed E-state index contributed by atoms with van der Waals surface area (Å²) in [5, 5.41) is 0. The molecule has 0 bridgehead atoms. The van der Waals surface area contributed by atoms with Crippen LogP contribution in [0.25, 0.3) is 0 Å². The van der Waals surface area contributed by atoms with Gasteiger partial charge in [0.25, 0.3) is 0 Å². The SMILES string of the molecule is CCC1CC2CCC(C)C(CC3CCC4(CC)CC34)C2CC1Cc1c2c(cc3c1C(CC1CCCCC1)CCC3)CCC2. The van der Waals surface area contributed by atoms with E-state index in [9.17, 15) is 0 Å². The molecule has 10 unspecified atom stereocenters. The van der Waals surface area contributed by atoms with Crippen molar-refractivity contribution in [3.63, 3.8) is 0 Å².